The van der Waals surface area contributed by atoms with Gasteiger partial charge in [-0.2, -0.15) is 0 Å². The van der Waals surface area contributed by atoms with Gasteiger partial charge < -0.3 is 31.1 Å². The summed E-state index contributed by atoms with van der Waals surface area (Å²) in [4.78, 5) is 37.4. The SMILES string of the molecule is CCN=C=NCCCN(C)C.CCN=C=O.CCNC(=O)NCCCN(C)C.CN(C)CCCN. The van der Waals surface area contributed by atoms with Gasteiger partial charge in [0.25, 0.3) is 0 Å². The summed E-state index contributed by atoms with van der Waals surface area (Å²) >= 11 is 0. The van der Waals surface area contributed by atoms with Crippen LogP contribution in [0.25, 0.3) is 0 Å². The molecule has 4 N–H and O–H groups in total. The molecule has 0 aromatic heterocycles. The van der Waals surface area contributed by atoms with Gasteiger partial charge in [-0.15, -0.1) is 0 Å². The van der Waals surface area contributed by atoms with Crippen LogP contribution in [-0.4, -0.2) is 134 Å². The van der Waals surface area contributed by atoms with Crippen LogP contribution in [0.4, 0.5) is 4.79 Å². The fraction of sp³-hybridized carbons (Fsp3) is 0.875. The molecule has 2 amide bonds. The summed E-state index contributed by atoms with van der Waals surface area (Å²) in [5, 5.41) is 5.43. The highest BCUT2D eigenvalue weighted by Crippen LogP contribution is 1.82. The van der Waals surface area contributed by atoms with Crippen LogP contribution in [0, 0.1) is 0 Å². The molecule has 0 atom stereocenters. The molecule has 0 spiro atoms. The standard InChI is InChI=1S/C8H19N3O.C8H17N3.C5H14N2.C3H5NO/c1-4-9-8(12)10-6-5-7-11(2)3;1-4-9-8-10-6-5-7-11(2)3;1-7(2)5-3-4-6;1-2-4-3-5/h4-7H2,1-3H3,(H2,9,10,12);4-7H2,1-3H3;3-6H2,1-2H3;2H2,1H3. The molecule has 0 saturated carbocycles. The molecule has 0 aliphatic rings. The first-order chi connectivity index (χ1) is 16.6. The van der Waals surface area contributed by atoms with Crippen molar-refractivity contribution in [2.45, 2.75) is 40.0 Å². The van der Waals surface area contributed by atoms with Crippen molar-refractivity contribution in [1.82, 2.24) is 25.3 Å². The number of isocyanates is 1. The van der Waals surface area contributed by atoms with E-state index >= 15 is 0 Å². The third-order valence-corrected chi connectivity index (χ3v) is 3.61. The van der Waals surface area contributed by atoms with Crippen LogP contribution < -0.4 is 16.4 Å². The molecule has 0 rings (SSSR count). The number of nitrogens with one attached hydrogen (secondary N) is 2. The van der Waals surface area contributed by atoms with Crippen LogP contribution in [0.15, 0.2) is 15.0 Å². The van der Waals surface area contributed by atoms with Gasteiger partial charge in [0.15, 0.2) is 0 Å². The Morgan fingerprint density at radius 2 is 1.29 bits per heavy atom. The molecule has 0 heterocycles. The van der Waals surface area contributed by atoms with Crippen LogP contribution in [0.3, 0.4) is 0 Å². The normalized spacial score (nSPS) is 9.29. The van der Waals surface area contributed by atoms with Crippen LogP contribution in [-0.2, 0) is 4.79 Å². The molecular formula is C24H55N9O2. The van der Waals surface area contributed by atoms with Gasteiger partial charge in [0.05, 0.1) is 12.6 Å². The van der Waals surface area contributed by atoms with Gasteiger partial charge in [-0.1, -0.05) is 0 Å². The lowest BCUT2D eigenvalue weighted by Crippen LogP contribution is -2.36. The minimum absolute atomic E-state index is 0.0729. The van der Waals surface area contributed by atoms with E-state index in [1.54, 1.807) is 6.92 Å². The van der Waals surface area contributed by atoms with E-state index in [4.69, 9.17) is 10.5 Å². The number of aliphatic imine (C=N–C) groups is 3. The molecule has 0 saturated heterocycles. The molecule has 0 bridgehead atoms. The van der Waals surface area contributed by atoms with Crippen LogP contribution in [0.2, 0.25) is 0 Å². The molecule has 35 heavy (non-hydrogen) atoms. The highest BCUT2D eigenvalue weighted by Gasteiger charge is 1.96. The summed E-state index contributed by atoms with van der Waals surface area (Å²) in [6.45, 7) is 13.2. The third kappa shape index (κ3) is 59.5. The molecule has 0 radical (unpaired) electrons. The summed E-state index contributed by atoms with van der Waals surface area (Å²) in [6, 6.07) is 2.57. The number of rotatable bonds is 14. The van der Waals surface area contributed by atoms with Gasteiger partial charge in [0.1, 0.15) is 0 Å². The zero-order chi connectivity index (χ0) is 27.7. The van der Waals surface area contributed by atoms with E-state index in [9.17, 15) is 4.79 Å². The lowest BCUT2D eigenvalue weighted by atomic mass is 10.4. The van der Waals surface area contributed by atoms with Gasteiger partial charge in [-0.3, -0.25) is 0 Å². The maximum Gasteiger partial charge on any atom is 0.314 e. The average Bonchev–Trinajstić information content (AvgIpc) is 2.79. The molecule has 0 unspecified atom stereocenters. The van der Waals surface area contributed by atoms with Crippen LogP contribution in [0.5, 0.6) is 0 Å². The largest absolute Gasteiger partial charge is 0.338 e. The minimum Gasteiger partial charge on any atom is -0.338 e. The number of nitrogens with zero attached hydrogens (tertiary/aromatic N) is 6. The predicted molar refractivity (Wildman–Crippen MR) is 150 cm³/mol. The second-order valence-electron chi connectivity index (χ2n) is 8.07. The third-order valence-electron chi connectivity index (χ3n) is 3.61. The van der Waals surface area contributed by atoms with Gasteiger partial charge in [0, 0.05) is 26.2 Å². The average molecular weight is 502 g/mol. The lowest BCUT2D eigenvalue weighted by molar-refractivity contribution is 0.240. The first-order valence-electron chi connectivity index (χ1n) is 12.4. The van der Waals surface area contributed by atoms with Crippen molar-refractivity contribution in [3.05, 3.63) is 0 Å². The first kappa shape index (κ1) is 40.1. The fourth-order valence-corrected chi connectivity index (χ4v) is 1.93. The zero-order valence-electron chi connectivity index (χ0n) is 24.1. The molecule has 0 aromatic rings. The van der Waals surface area contributed by atoms with E-state index in [1.165, 1.54) is 6.08 Å². The van der Waals surface area contributed by atoms with E-state index in [0.717, 1.165) is 65.1 Å². The smallest absolute Gasteiger partial charge is 0.314 e. The number of hydrogen-bond donors (Lipinski definition) is 3. The summed E-state index contributed by atoms with van der Waals surface area (Å²) in [7, 11) is 12.3. The van der Waals surface area contributed by atoms with E-state index in [-0.39, 0.29) is 6.03 Å². The summed E-state index contributed by atoms with van der Waals surface area (Å²) in [6.07, 6.45) is 4.57. The topological polar surface area (TPSA) is 131 Å². The van der Waals surface area contributed by atoms with Crippen LogP contribution >= 0.6 is 0 Å². The Balaban J connectivity index is -0.000000193. The van der Waals surface area contributed by atoms with Crippen molar-refractivity contribution in [3.8, 4) is 0 Å². The monoisotopic (exact) mass is 501 g/mol. The van der Waals surface area contributed by atoms with Gasteiger partial charge >= 0.3 is 6.03 Å². The Morgan fingerprint density at radius 1 is 0.771 bits per heavy atom. The van der Waals surface area contributed by atoms with E-state index in [1.807, 2.05) is 27.9 Å². The molecule has 208 valence electrons. The van der Waals surface area contributed by atoms with Gasteiger partial charge in [0.2, 0.25) is 6.08 Å². The summed E-state index contributed by atoms with van der Waals surface area (Å²) in [5.41, 5.74) is 5.25. The number of hydrogen-bond acceptors (Lipinski definition) is 9. The van der Waals surface area contributed by atoms with Gasteiger partial charge in [-0.05, 0) is 108 Å². The molecule has 11 nitrogen and oxygen atoms in total. The van der Waals surface area contributed by atoms with Crippen molar-refractivity contribution in [2.75, 3.05) is 101 Å². The molecule has 0 aliphatic heterocycles. The minimum atomic E-state index is -0.0729. The predicted octanol–water partition coefficient (Wildman–Crippen LogP) is 1.63. The molecular weight excluding hydrogens is 446 g/mol. The summed E-state index contributed by atoms with van der Waals surface area (Å²) in [5.74, 6) is 0. The quantitative estimate of drug-likeness (QED) is 0.188. The second-order valence-corrected chi connectivity index (χ2v) is 8.07. The molecule has 0 fully saturated rings. The van der Waals surface area contributed by atoms with Crippen molar-refractivity contribution in [3.63, 3.8) is 0 Å². The van der Waals surface area contributed by atoms with Crippen LogP contribution in [0.1, 0.15) is 40.0 Å². The van der Waals surface area contributed by atoms with E-state index in [2.05, 4.69) is 74.5 Å². The number of nitrogens with two attached hydrogens (primary N) is 1. The molecule has 11 heteroatoms. The highest BCUT2D eigenvalue weighted by molar-refractivity contribution is 5.73. The molecule has 0 aliphatic carbocycles. The Kier molecular flexibility index (Phi) is 41.7. The summed E-state index contributed by atoms with van der Waals surface area (Å²) < 4.78 is 0. The Hall–Kier alpha value is -2.13. The number of amides is 2. The van der Waals surface area contributed by atoms with E-state index < -0.39 is 0 Å². The fourth-order valence-electron chi connectivity index (χ4n) is 1.93. The Bertz CT molecular complexity index is 529. The van der Waals surface area contributed by atoms with Gasteiger partial charge in [-0.25, -0.2) is 24.6 Å². The zero-order valence-corrected chi connectivity index (χ0v) is 24.1. The Labute approximate surface area is 215 Å². The second kappa shape index (κ2) is 36.4. The van der Waals surface area contributed by atoms with Crippen molar-refractivity contribution < 1.29 is 9.59 Å². The number of carbonyl (C=O) groups is 1. The maximum absolute atomic E-state index is 10.9. The Morgan fingerprint density at radius 3 is 1.66 bits per heavy atom. The lowest BCUT2D eigenvalue weighted by Gasteiger charge is -2.09. The van der Waals surface area contributed by atoms with Crippen molar-refractivity contribution in [2.24, 2.45) is 20.7 Å². The van der Waals surface area contributed by atoms with Crippen molar-refractivity contribution in [1.29, 1.82) is 0 Å². The molecule has 0 aromatic carbocycles. The number of carbonyl (C=O) groups excluding carboxylic acids is 2. The maximum atomic E-state index is 10.9. The van der Waals surface area contributed by atoms with Crippen molar-refractivity contribution >= 4 is 18.1 Å². The highest BCUT2D eigenvalue weighted by atomic mass is 16.2. The first-order valence-corrected chi connectivity index (χ1v) is 12.4. The number of urea groups is 1. The van der Waals surface area contributed by atoms with E-state index in [0.29, 0.717) is 13.1 Å².